The topological polar surface area (TPSA) is 49.3 Å². The van der Waals surface area contributed by atoms with Crippen LogP contribution in [0.1, 0.15) is 27.2 Å². The van der Waals surface area contributed by atoms with Crippen molar-refractivity contribution < 1.29 is 9.90 Å². The van der Waals surface area contributed by atoms with Crippen LogP contribution >= 0.6 is 0 Å². The van der Waals surface area contributed by atoms with Crippen molar-refractivity contribution in [1.82, 2.24) is 5.32 Å². The third-order valence-electron chi connectivity index (χ3n) is 1.89. The van der Waals surface area contributed by atoms with E-state index in [1.807, 2.05) is 13.8 Å². The van der Waals surface area contributed by atoms with Crippen LogP contribution in [0.25, 0.3) is 0 Å². The van der Waals surface area contributed by atoms with Gasteiger partial charge in [-0.1, -0.05) is 12.5 Å². The quantitative estimate of drug-likeness (QED) is 0.485. The molecule has 0 heterocycles. The minimum Gasteiger partial charge on any atom is -0.478 e. The Morgan fingerprint density at radius 3 is 2.42 bits per heavy atom. The van der Waals surface area contributed by atoms with Crippen LogP contribution < -0.4 is 5.32 Å². The zero-order valence-electron chi connectivity index (χ0n) is 7.98. The van der Waals surface area contributed by atoms with Crippen molar-refractivity contribution in [2.45, 2.75) is 27.2 Å². The van der Waals surface area contributed by atoms with E-state index >= 15 is 0 Å². The molecule has 0 aromatic carbocycles. The standard InChI is InChI=1S/C9H17NO2/c1-4-10-6-5-7(2)8(3)9(11)12/h10H,4-6H2,1-3H3,(H,11,12). The SMILES string of the molecule is CCNCCC(C)=C(C)C(=O)O. The van der Waals surface area contributed by atoms with Gasteiger partial charge >= 0.3 is 5.97 Å². The average Bonchev–Trinajstić information content (AvgIpc) is 2.03. The van der Waals surface area contributed by atoms with E-state index in [-0.39, 0.29) is 0 Å². The summed E-state index contributed by atoms with van der Waals surface area (Å²) in [5.41, 5.74) is 1.41. The van der Waals surface area contributed by atoms with Gasteiger partial charge in [0.25, 0.3) is 0 Å². The van der Waals surface area contributed by atoms with E-state index in [9.17, 15) is 4.79 Å². The van der Waals surface area contributed by atoms with Crippen molar-refractivity contribution in [3.05, 3.63) is 11.1 Å². The smallest absolute Gasteiger partial charge is 0.331 e. The Morgan fingerprint density at radius 2 is 2.00 bits per heavy atom. The van der Waals surface area contributed by atoms with Crippen molar-refractivity contribution in [3.8, 4) is 0 Å². The van der Waals surface area contributed by atoms with Crippen LogP contribution in [-0.4, -0.2) is 24.2 Å². The van der Waals surface area contributed by atoms with E-state index in [0.717, 1.165) is 25.1 Å². The van der Waals surface area contributed by atoms with Gasteiger partial charge in [0.1, 0.15) is 0 Å². The molecule has 0 aliphatic carbocycles. The molecular weight excluding hydrogens is 154 g/mol. The van der Waals surface area contributed by atoms with Crippen molar-refractivity contribution >= 4 is 5.97 Å². The first kappa shape index (κ1) is 11.2. The Kier molecular flexibility index (Phi) is 5.37. The normalized spacial score (nSPS) is 12.6. The van der Waals surface area contributed by atoms with Crippen molar-refractivity contribution in [3.63, 3.8) is 0 Å². The van der Waals surface area contributed by atoms with E-state index in [1.165, 1.54) is 0 Å². The molecule has 0 radical (unpaired) electrons. The van der Waals surface area contributed by atoms with Gasteiger partial charge in [-0.15, -0.1) is 0 Å². The van der Waals surface area contributed by atoms with Gasteiger partial charge in [0.05, 0.1) is 0 Å². The Balaban J connectivity index is 3.91. The maximum absolute atomic E-state index is 10.5. The molecule has 0 atom stereocenters. The van der Waals surface area contributed by atoms with Crippen LogP contribution in [0.5, 0.6) is 0 Å². The molecule has 3 nitrogen and oxygen atoms in total. The zero-order valence-corrected chi connectivity index (χ0v) is 7.98. The lowest BCUT2D eigenvalue weighted by atomic mass is 10.1. The van der Waals surface area contributed by atoms with E-state index < -0.39 is 5.97 Å². The lowest BCUT2D eigenvalue weighted by Crippen LogP contribution is -2.15. The summed E-state index contributed by atoms with van der Waals surface area (Å²) in [6.07, 6.45) is 0.811. The first-order valence-electron chi connectivity index (χ1n) is 4.20. The summed E-state index contributed by atoms with van der Waals surface area (Å²) in [7, 11) is 0. The highest BCUT2D eigenvalue weighted by Gasteiger charge is 2.03. The molecule has 0 aliphatic rings. The number of nitrogens with one attached hydrogen (secondary N) is 1. The second-order valence-electron chi connectivity index (χ2n) is 2.81. The van der Waals surface area contributed by atoms with Crippen LogP contribution in [0.4, 0.5) is 0 Å². The first-order valence-corrected chi connectivity index (χ1v) is 4.20. The number of carbonyl (C=O) groups is 1. The van der Waals surface area contributed by atoms with Gasteiger partial charge in [0.15, 0.2) is 0 Å². The van der Waals surface area contributed by atoms with E-state index in [2.05, 4.69) is 5.32 Å². The Hall–Kier alpha value is -0.830. The number of carboxylic acids is 1. The van der Waals surface area contributed by atoms with E-state index in [0.29, 0.717) is 5.57 Å². The highest BCUT2D eigenvalue weighted by atomic mass is 16.4. The Bertz CT molecular complexity index is 185. The number of rotatable bonds is 5. The van der Waals surface area contributed by atoms with E-state index in [1.54, 1.807) is 6.92 Å². The number of hydrogen-bond acceptors (Lipinski definition) is 2. The molecule has 0 aromatic rings. The first-order chi connectivity index (χ1) is 5.59. The number of aliphatic carboxylic acids is 1. The van der Waals surface area contributed by atoms with Crippen LogP contribution in [0.3, 0.4) is 0 Å². The molecule has 0 aliphatic heterocycles. The molecule has 12 heavy (non-hydrogen) atoms. The van der Waals surface area contributed by atoms with Crippen molar-refractivity contribution in [1.29, 1.82) is 0 Å². The molecule has 0 amide bonds. The van der Waals surface area contributed by atoms with Crippen molar-refractivity contribution in [2.24, 2.45) is 0 Å². The van der Waals surface area contributed by atoms with E-state index in [4.69, 9.17) is 5.11 Å². The monoisotopic (exact) mass is 171 g/mol. The summed E-state index contributed by atoms with van der Waals surface area (Å²) in [5.74, 6) is -0.816. The van der Waals surface area contributed by atoms with Crippen LogP contribution in [0, 0.1) is 0 Å². The minimum atomic E-state index is -0.816. The fourth-order valence-corrected chi connectivity index (χ4v) is 0.823. The summed E-state index contributed by atoms with van der Waals surface area (Å²) in [6.45, 7) is 7.32. The maximum atomic E-state index is 10.5. The molecule has 2 N–H and O–H groups in total. The van der Waals surface area contributed by atoms with Crippen molar-refractivity contribution in [2.75, 3.05) is 13.1 Å². The Labute approximate surface area is 73.5 Å². The largest absolute Gasteiger partial charge is 0.478 e. The molecular formula is C9H17NO2. The average molecular weight is 171 g/mol. The van der Waals surface area contributed by atoms with Gasteiger partial charge in [0, 0.05) is 5.57 Å². The molecule has 0 rings (SSSR count). The summed E-state index contributed by atoms with van der Waals surface area (Å²) in [6, 6.07) is 0. The molecule has 0 saturated heterocycles. The molecule has 0 saturated carbocycles. The van der Waals surface area contributed by atoms with Gasteiger partial charge in [-0.2, -0.15) is 0 Å². The second kappa shape index (κ2) is 5.77. The third-order valence-corrected chi connectivity index (χ3v) is 1.89. The van der Waals surface area contributed by atoms with Gasteiger partial charge in [-0.3, -0.25) is 0 Å². The fourth-order valence-electron chi connectivity index (χ4n) is 0.823. The summed E-state index contributed by atoms with van der Waals surface area (Å²) >= 11 is 0. The number of carboxylic acid groups (broad SMARTS) is 1. The second-order valence-corrected chi connectivity index (χ2v) is 2.81. The lowest BCUT2D eigenvalue weighted by Gasteiger charge is -2.04. The molecule has 3 heteroatoms. The van der Waals surface area contributed by atoms with Crippen LogP contribution in [0.15, 0.2) is 11.1 Å². The molecule has 0 bridgehead atoms. The molecule has 0 aromatic heterocycles. The third kappa shape index (κ3) is 4.13. The van der Waals surface area contributed by atoms with Gasteiger partial charge < -0.3 is 10.4 Å². The predicted octanol–water partition coefficient (Wildman–Crippen LogP) is 1.41. The minimum absolute atomic E-state index is 0.466. The summed E-state index contributed by atoms with van der Waals surface area (Å²) in [4.78, 5) is 10.5. The van der Waals surface area contributed by atoms with Crippen LogP contribution in [0.2, 0.25) is 0 Å². The summed E-state index contributed by atoms with van der Waals surface area (Å²) in [5, 5.41) is 11.8. The lowest BCUT2D eigenvalue weighted by molar-refractivity contribution is -0.132. The highest BCUT2D eigenvalue weighted by molar-refractivity contribution is 5.86. The predicted molar refractivity (Wildman–Crippen MR) is 49.2 cm³/mol. The number of hydrogen-bond donors (Lipinski definition) is 2. The van der Waals surface area contributed by atoms with Gasteiger partial charge in [-0.25, -0.2) is 4.79 Å². The molecule has 0 spiro atoms. The van der Waals surface area contributed by atoms with Gasteiger partial charge in [0.2, 0.25) is 0 Å². The highest BCUT2D eigenvalue weighted by Crippen LogP contribution is 2.06. The van der Waals surface area contributed by atoms with Gasteiger partial charge in [-0.05, 0) is 33.4 Å². The molecule has 70 valence electrons. The maximum Gasteiger partial charge on any atom is 0.331 e. The molecule has 0 unspecified atom stereocenters. The Morgan fingerprint density at radius 1 is 1.42 bits per heavy atom. The summed E-state index contributed by atoms with van der Waals surface area (Å²) < 4.78 is 0. The zero-order chi connectivity index (χ0) is 9.56. The molecule has 0 fully saturated rings. The van der Waals surface area contributed by atoms with Crippen LogP contribution in [-0.2, 0) is 4.79 Å². The fraction of sp³-hybridized carbons (Fsp3) is 0.667.